The molecule has 0 amide bonds. The second-order valence-electron chi connectivity index (χ2n) is 4.08. The van der Waals surface area contributed by atoms with Crippen molar-refractivity contribution in [3.05, 3.63) is 59.4 Å². The summed E-state index contributed by atoms with van der Waals surface area (Å²) in [6, 6.07) is 9.52. The molecule has 1 N–H and O–H groups in total. The van der Waals surface area contributed by atoms with Crippen molar-refractivity contribution < 1.29 is 14.3 Å². The first-order chi connectivity index (χ1) is 9.66. The van der Waals surface area contributed by atoms with Crippen molar-refractivity contribution in [1.29, 1.82) is 0 Å². The minimum absolute atomic E-state index is 0.0942. The molecular formula is C14H9FN2O2S. The largest absolute Gasteiger partial charge is 0.478 e. The van der Waals surface area contributed by atoms with Crippen molar-refractivity contribution in [2.45, 2.75) is 0 Å². The Morgan fingerprint density at radius 3 is 2.80 bits per heavy atom. The zero-order chi connectivity index (χ0) is 14.1. The highest BCUT2D eigenvalue weighted by Crippen LogP contribution is 2.30. The van der Waals surface area contributed by atoms with Crippen LogP contribution in [0.3, 0.4) is 0 Å². The number of halogens is 1. The zero-order valence-corrected chi connectivity index (χ0v) is 11.0. The minimum atomic E-state index is -1.06. The number of carbonyl (C=O) groups is 1. The SMILES string of the molecule is O=C(O)c1cnn(-c2cccc(F)c2)c1-c1cccs1. The maximum absolute atomic E-state index is 13.3. The lowest BCUT2D eigenvalue weighted by Gasteiger charge is -2.07. The molecule has 2 aromatic heterocycles. The fourth-order valence-corrected chi connectivity index (χ4v) is 2.73. The first-order valence-corrected chi connectivity index (χ1v) is 6.66. The number of thiophene rings is 1. The lowest BCUT2D eigenvalue weighted by Crippen LogP contribution is -2.02. The number of rotatable bonds is 3. The van der Waals surface area contributed by atoms with E-state index in [1.165, 1.54) is 34.3 Å². The van der Waals surface area contributed by atoms with Gasteiger partial charge in [-0.1, -0.05) is 12.1 Å². The highest BCUT2D eigenvalue weighted by Gasteiger charge is 2.20. The van der Waals surface area contributed by atoms with Gasteiger partial charge in [0.05, 0.1) is 22.5 Å². The monoisotopic (exact) mass is 288 g/mol. The quantitative estimate of drug-likeness (QED) is 0.803. The summed E-state index contributed by atoms with van der Waals surface area (Å²) < 4.78 is 14.8. The lowest BCUT2D eigenvalue weighted by molar-refractivity contribution is 0.0698. The molecule has 0 atom stereocenters. The van der Waals surface area contributed by atoms with Crippen LogP contribution in [0.15, 0.2) is 48.0 Å². The van der Waals surface area contributed by atoms with Gasteiger partial charge >= 0.3 is 5.97 Å². The topological polar surface area (TPSA) is 55.1 Å². The molecule has 0 saturated carbocycles. The molecule has 4 nitrogen and oxygen atoms in total. The van der Waals surface area contributed by atoms with Gasteiger partial charge in [-0.05, 0) is 29.6 Å². The van der Waals surface area contributed by atoms with Crippen LogP contribution in [0.2, 0.25) is 0 Å². The van der Waals surface area contributed by atoms with Crippen LogP contribution in [0.5, 0.6) is 0 Å². The molecule has 3 rings (SSSR count). The van der Waals surface area contributed by atoms with E-state index in [1.54, 1.807) is 12.1 Å². The van der Waals surface area contributed by atoms with Gasteiger partial charge in [0, 0.05) is 0 Å². The standard InChI is InChI=1S/C14H9FN2O2S/c15-9-3-1-4-10(7-9)17-13(12-5-2-6-20-12)11(8-16-17)14(18)19/h1-8H,(H,18,19). The van der Waals surface area contributed by atoms with E-state index in [0.717, 1.165) is 4.88 Å². The molecule has 0 fully saturated rings. The Labute approximate surface area is 117 Å². The Balaban J connectivity index is 2.24. The van der Waals surface area contributed by atoms with Crippen LogP contribution in [-0.2, 0) is 0 Å². The molecule has 0 aliphatic rings. The molecule has 0 aliphatic heterocycles. The summed E-state index contributed by atoms with van der Waals surface area (Å²) in [5.41, 5.74) is 1.04. The van der Waals surface area contributed by atoms with Crippen molar-refractivity contribution >= 4 is 17.3 Å². The smallest absolute Gasteiger partial charge is 0.339 e. The summed E-state index contributed by atoms with van der Waals surface area (Å²) in [5.74, 6) is -1.46. The molecule has 2 heterocycles. The molecule has 0 bridgehead atoms. The van der Waals surface area contributed by atoms with E-state index in [2.05, 4.69) is 5.10 Å². The third kappa shape index (κ3) is 2.10. The van der Waals surface area contributed by atoms with E-state index in [0.29, 0.717) is 11.4 Å². The van der Waals surface area contributed by atoms with Gasteiger partial charge in [0.15, 0.2) is 0 Å². The number of hydrogen-bond acceptors (Lipinski definition) is 3. The van der Waals surface area contributed by atoms with E-state index in [-0.39, 0.29) is 5.56 Å². The average molecular weight is 288 g/mol. The molecule has 0 radical (unpaired) electrons. The normalized spacial score (nSPS) is 10.7. The Hall–Kier alpha value is -2.47. The van der Waals surface area contributed by atoms with Gasteiger partial charge in [-0.2, -0.15) is 5.10 Å². The average Bonchev–Trinajstić information content (AvgIpc) is 3.07. The van der Waals surface area contributed by atoms with Crippen molar-refractivity contribution in [3.8, 4) is 16.3 Å². The summed E-state index contributed by atoms with van der Waals surface area (Å²) in [4.78, 5) is 12.1. The van der Waals surface area contributed by atoms with E-state index in [1.807, 2.05) is 17.5 Å². The summed E-state index contributed by atoms with van der Waals surface area (Å²) >= 11 is 1.41. The van der Waals surface area contributed by atoms with Gasteiger partial charge in [0.25, 0.3) is 0 Å². The van der Waals surface area contributed by atoms with Gasteiger partial charge in [-0.3, -0.25) is 0 Å². The molecule has 6 heteroatoms. The first-order valence-electron chi connectivity index (χ1n) is 5.78. The maximum atomic E-state index is 13.3. The van der Waals surface area contributed by atoms with Crippen LogP contribution in [-0.4, -0.2) is 20.9 Å². The Morgan fingerprint density at radius 1 is 1.30 bits per heavy atom. The van der Waals surface area contributed by atoms with Gasteiger partial charge in [-0.15, -0.1) is 11.3 Å². The number of benzene rings is 1. The van der Waals surface area contributed by atoms with Crippen LogP contribution in [0.25, 0.3) is 16.3 Å². The van der Waals surface area contributed by atoms with Crippen LogP contribution in [0.4, 0.5) is 4.39 Å². The molecule has 0 unspecified atom stereocenters. The van der Waals surface area contributed by atoms with Crippen LogP contribution in [0, 0.1) is 5.82 Å². The number of carboxylic acid groups (broad SMARTS) is 1. The highest BCUT2D eigenvalue weighted by molar-refractivity contribution is 7.13. The summed E-state index contributed by atoms with van der Waals surface area (Å²) in [6.07, 6.45) is 1.28. The Bertz CT molecular complexity index is 765. The zero-order valence-electron chi connectivity index (χ0n) is 10.2. The number of nitrogens with zero attached hydrogens (tertiary/aromatic N) is 2. The lowest BCUT2D eigenvalue weighted by atomic mass is 10.2. The molecule has 1 aromatic carbocycles. The minimum Gasteiger partial charge on any atom is -0.478 e. The predicted octanol–water partition coefficient (Wildman–Crippen LogP) is 3.44. The second-order valence-corrected chi connectivity index (χ2v) is 5.03. The molecule has 100 valence electrons. The third-order valence-corrected chi connectivity index (χ3v) is 3.68. The van der Waals surface area contributed by atoms with E-state index >= 15 is 0 Å². The van der Waals surface area contributed by atoms with E-state index in [4.69, 9.17) is 0 Å². The number of hydrogen-bond donors (Lipinski definition) is 1. The molecular weight excluding hydrogens is 279 g/mol. The van der Waals surface area contributed by atoms with Crippen molar-refractivity contribution in [3.63, 3.8) is 0 Å². The van der Waals surface area contributed by atoms with Crippen molar-refractivity contribution in [2.24, 2.45) is 0 Å². The van der Waals surface area contributed by atoms with Crippen LogP contribution < -0.4 is 0 Å². The fourth-order valence-electron chi connectivity index (χ4n) is 1.96. The summed E-state index contributed by atoms with van der Waals surface area (Å²) in [7, 11) is 0. The van der Waals surface area contributed by atoms with Crippen molar-refractivity contribution in [2.75, 3.05) is 0 Å². The highest BCUT2D eigenvalue weighted by atomic mass is 32.1. The Morgan fingerprint density at radius 2 is 2.15 bits per heavy atom. The third-order valence-electron chi connectivity index (χ3n) is 2.81. The maximum Gasteiger partial charge on any atom is 0.339 e. The van der Waals surface area contributed by atoms with Crippen LogP contribution in [0.1, 0.15) is 10.4 Å². The van der Waals surface area contributed by atoms with Gasteiger partial charge in [0.1, 0.15) is 11.4 Å². The first kappa shape index (κ1) is 12.6. The Kier molecular flexibility index (Phi) is 3.08. The van der Waals surface area contributed by atoms with E-state index in [9.17, 15) is 14.3 Å². The summed E-state index contributed by atoms with van der Waals surface area (Å²) in [5, 5.41) is 15.2. The molecule has 20 heavy (non-hydrogen) atoms. The molecule has 0 spiro atoms. The molecule has 0 aliphatic carbocycles. The van der Waals surface area contributed by atoms with Gasteiger partial charge < -0.3 is 5.11 Å². The molecule has 0 saturated heterocycles. The predicted molar refractivity (Wildman–Crippen MR) is 73.8 cm³/mol. The second kappa shape index (κ2) is 4.90. The van der Waals surface area contributed by atoms with Crippen LogP contribution >= 0.6 is 11.3 Å². The van der Waals surface area contributed by atoms with Gasteiger partial charge in [0.2, 0.25) is 0 Å². The number of carboxylic acids is 1. The van der Waals surface area contributed by atoms with Crippen molar-refractivity contribution in [1.82, 2.24) is 9.78 Å². The number of aromatic nitrogens is 2. The molecule has 3 aromatic rings. The summed E-state index contributed by atoms with van der Waals surface area (Å²) in [6.45, 7) is 0. The van der Waals surface area contributed by atoms with E-state index < -0.39 is 11.8 Å². The fraction of sp³-hybridized carbons (Fsp3) is 0. The van der Waals surface area contributed by atoms with Gasteiger partial charge in [-0.25, -0.2) is 13.9 Å². The number of aromatic carboxylic acids is 1.